The van der Waals surface area contributed by atoms with Gasteiger partial charge >= 0.3 is 0 Å². The maximum Gasteiger partial charge on any atom is 0.273 e. The summed E-state index contributed by atoms with van der Waals surface area (Å²) in [5, 5.41) is 18.7. The van der Waals surface area contributed by atoms with Gasteiger partial charge in [0.1, 0.15) is 6.07 Å². The Morgan fingerprint density at radius 2 is 2.23 bits per heavy atom. The zero-order chi connectivity index (χ0) is 10.0. The second kappa shape index (κ2) is 3.06. The number of nitro benzene ring substituents is 1. The lowest BCUT2D eigenvalue weighted by atomic mass is 10.1. The summed E-state index contributed by atoms with van der Waals surface area (Å²) in [4.78, 5) is 9.43. The van der Waals surface area contributed by atoms with E-state index in [2.05, 4.69) is 0 Å². The van der Waals surface area contributed by atoms with Gasteiger partial charge in [-0.3, -0.25) is 10.1 Å². The van der Waals surface area contributed by atoms with Gasteiger partial charge in [0.15, 0.2) is 5.82 Å². The lowest BCUT2D eigenvalue weighted by Gasteiger charge is -1.98. The third-order valence-corrected chi connectivity index (χ3v) is 1.45. The maximum absolute atomic E-state index is 12.8. The van der Waals surface area contributed by atoms with E-state index in [-0.39, 0.29) is 11.3 Å². The molecule has 0 radical (unpaired) electrons. The second-order valence-electron chi connectivity index (χ2n) is 2.26. The Kier molecular flexibility index (Phi) is 2.11. The van der Waals surface area contributed by atoms with E-state index in [0.717, 1.165) is 6.07 Å². The minimum atomic E-state index is -0.953. The lowest BCUT2D eigenvalue weighted by molar-refractivity contribution is -0.385. The molecule has 0 saturated carbocycles. The van der Waals surface area contributed by atoms with Crippen molar-refractivity contribution >= 4 is 11.4 Å². The van der Waals surface area contributed by atoms with Gasteiger partial charge in [-0.2, -0.15) is 5.26 Å². The number of nitrogens with two attached hydrogens (primary N) is 1. The predicted molar refractivity (Wildman–Crippen MR) is 42.2 cm³/mol. The Labute approximate surface area is 72.3 Å². The van der Waals surface area contributed by atoms with Crippen LogP contribution in [0.2, 0.25) is 0 Å². The number of benzene rings is 1. The third-order valence-electron chi connectivity index (χ3n) is 1.45. The van der Waals surface area contributed by atoms with Crippen molar-refractivity contribution in [3.05, 3.63) is 33.6 Å². The summed E-state index contributed by atoms with van der Waals surface area (Å²) in [6.07, 6.45) is 0. The number of hydrogen-bond acceptors (Lipinski definition) is 4. The standard InChI is InChI=1S/C7H4FN3O2/c8-6-2-5(11(12)13)1-4(3-9)7(6)10/h1-2H,10H2. The molecule has 0 saturated heterocycles. The van der Waals surface area contributed by atoms with Gasteiger partial charge in [0.25, 0.3) is 5.69 Å². The van der Waals surface area contributed by atoms with Crippen LogP contribution in [0.4, 0.5) is 15.8 Å². The summed E-state index contributed by atoms with van der Waals surface area (Å²) >= 11 is 0. The highest BCUT2D eigenvalue weighted by atomic mass is 19.1. The molecular formula is C7H4FN3O2. The number of rotatable bonds is 1. The minimum Gasteiger partial charge on any atom is -0.395 e. The van der Waals surface area contributed by atoms with Crippen molar-refractivity contribution in [2.45, 2.75) is 0 Å². The van der Waals surface area contributed by atoms with Crippen molar-refractivity contribution in [2.24, 2.45) is 0 Å². The smallest absolute Gasteiger partial charge is 0.273 e. The van der Waals surface area contributed by atoms with Crippen LogP contribution in [-0.4, -0.2) is 4.92 Å². The largest absolute Gasteiger partial charge is 0.395 e. The number of halogens is 1. The molecule has 0 aliphatic heterocycles. The van der Waals surface area contributed by atoms with Crippen molar-refractivity contribution in [3.8, 4) is 6.07 Å². The normalized spacial score (nSPS) is 9.23. The van der Waals surface area contributed by atoms with Crippen LogP contribution in [0.25, 0.3) is 0 Å². The van der Waals surface area contributed by atoms with Crippen molar-refractivity contribution in [2.75, 3.05) is 5.73 Å². The van der Waals surface area contributed by atoms with E-state index >= 15 is 0 Å². The molecule has 0 aromatic heterocycles. The molecule has 13 heavy (non-hydrogen) atoms. The molecule has 0 bridgehead atoms. The van der Waals surface area contributed by atoms with E-state index in [1.807, 2.05) is 0 Å². The monoisotopic (exact) mass is 181 g/mol. The van der Waals surface area contributed by atoms with Gasteiger partial charge in [-0.25, -0.2) is 4.39 Å². The van der Waals surface area contributed by atoms with Crippen LogP contribution in [0.3, 0.4) is 0 Å². The molecule has 1 aromatic rings. The molecule has 1 rings (SSSR count). The van der Waals surface area contributed by atoms with Gasteiger partial charge in [0.2, 0.25) is 0 Å². The third kappa shape index (κ3) is 1.54. The molecule has 1 aromatic carbocycles. The van der Waals surface area contributed by atoms with Gasteiger partial charge in [-0.1, -0.05) is 0 Å². The second-order valence-corrected chi connectivity index (χ2v) is 2.26. The van der Waals surface area contributed by atoms with E-state index in [1.165, 1.54) is 0 Å². The topological polar surface area (TPSA) is 92.9 Å². The minimum absolute atomic E-state index is 0.230. The zero-order valence-corrected chi connectivity index (χ0v) is 6.32. The molecule has 6 heteroatoms. The molecule has 0 amide bonds. The Hall–Kier alpha value is -2.16. The van der Waals surface area contributed by atoms with Crippen molar-refractivity contribution < 1.29 is 9.31 Å². The number of nitriles is 1. The molecule has 66 valence electrons. The molecule has 0 heterocycles. The van der Waals surface area contributed by atoms with Crippen molar-refractivity contribution in [1.82, 2.24) is 0 Å². The number of nitrogen functional groups attached to an aromatic ring is 1. The molecular weight excluding hydrogens is 177 g/mol. The van der Waals surface area contributed by atoms with E-state index in [0.29, 0.717) is 6.07 Å². The molecule has 0 fully saturated rings. The molecule has 2 N–H and O–H groups in total. The fraction of sp³-hybridized carbons (Fsp3) is 0. The Balaban J connectivity index is 3.41. The summed E-state index contributed by atoms with van der Waals surface area (Å²) < 4.78 is 12.8. The zero-order valence-electron chi connectivity index (χ0n) is 6.32. The Morgan fingerprint density at radius 3 is 2.69 bits per heavy atom. The molecule has 0 aliphatic carbocycles. The van der Waals surface area contributed by atoms with Crippen molar-refractivity contribution in [1.29, 1.82) is 5.26 Å². The molecule has 0 spiro atoms. The summed E-state index contributed by atoms with van der Waals surface area (Å²) in [5.74, 6) is -0.953. The SMILES string of the molecule is N#Cc1cc([N+](=O)[O-])cc(F)c1N. The van der Waals surface area contributed by atoms with Crippen molar-refractivity contribution in [3.63, 3.8) is 0 Å². The maximum atomic E-state index is 12.8. The van der Waals surface area contributed by atoms with Crippen LogP contribution in [0.5, 0.6) is 0 Å². The molecule has 0 atom stereocenters. The quantitative estimate of drug-likeness (QED) is 0.400. The highest BCUT2D eigenvalue weighted by molar-refractivity contribution is 5.59. The van der Waals surface area contributed by atoms with E-state index < -0.39 is 16.4 Å². The van der Waals surface area contributed by atoms with Crippen LogP contribution >= 0.6 is 0 Å². The molecule has 5 nitrogen and oxygen atoms in total. The van der Waals surface area contributed by atoms with Crippen LogP contribution in [0.1, 0.15) is 5.56 Å². The predicted octanol–water partition coefficient (Wildman–Crippen LogP) is 1.19. The fourth-order valence-corrected chi connectivity index (χ4v) is 0.801. The van der Waals surface area contributed by atoms with Gasteiger partial charge in [0.05, 0.1) is 22.2 Å². The Bertz CT molecular complexity index is 411. The summed E-state index contributed by atoms with van der Waals surface area (Å²) in [5.41, 5.74) is 4.06. The lowest BCUT2D eigenvalue weighted by Crippen LogP contribution is -1.97. The van der Waals surface area contributed by atoms with Gasteiger partial charge in [0, 0.05) is 6.07 Å². The summed E-state index contributed by atoms with van der Waals surface area (Å²) in [6, 6.07) is 3.17. The van der Waals surface area contributed by atoms with Gasteiger partial charge in [-0.05, 0) is 0 Å². The van der Waals surface area contributed by atoms with E-state index in [1.54, 1.807) is 6.07 Å². The van der Waals surface area contributed by atoms with Crippen LogP contribution in [-0.2, 0) is 0 Å². The first-order chi connectivity index (χ1) is 6.06. The number of nitrogens with zero attached hydrogens (tertiary/aromatic N) is 2. The number of anilines is 1. The number of nitro groups is 1. The van der Waals surface area contributed by atoms with Crippen LogP contribution in [0, 0.1) is 27.3 Å². The molecule has 0 unspecified atom stereocenters. The highest BCUT2D eigenvalue weighted by Crippen LogP contribution is 2.22. The fourth-order valence-electron chi connectivity index (χ4n) is 0.801. The number of non-ortho nitro benzene ring substituents is 1. The van der Waals surface area contributed by atoms with E-state index in [4.69, 9.17) is 11.0 Å². The van der Waals surface area contributed by atoms with Gasteiger partial charge in [-0.15, -0.1) is 0 Å². The first-order valence-electron chi connectivity index (χ1n) is 3.19. The van der Waals surface area contributed by atoms with E-state index in [9.17, 15) is 14.5 Å². The van der Waals surface area contributed by atoms with Crippen LogP contribution in [0.15, 0.2) is 12.1 Å². The van der Waals surface area contributed by atoms with Crippen LogP contribution < -0.4 is 5.73 Å². The number of hydrogen-bond donors (Lipinski definition) is 1. The van der Waals surface area contributed by atoms with Gasteiger partial charge < -0.3 is 5.73 Å². The molecule has 0 aliphatic rings. The first kappa shape index (κ1) is 8.93. The Morgan fingerprint density at radius 1 is 1.62 bits per heavy atom. The summed E-state index contributed by atoms with van der Waals surface area (Å²) in [6.45, 7) is 0. The first-order valence-corrected chi connectivity index (χ1v) is 3.19. The highest BCUT2D eigenvalue weighted by Gasteiger charge is 2.13. The average Bonchev–Trinajstić information content (AvgIpc) is 2.09. The average molecular weight is 181 g/mol. The summed E-state index contributed by atoms with van der Waals surface area (Å²) in [7, 11) is 0.